The summed E-state index contributed by atoms with van der Waals surface area (Å²) in [6.07, 6.45) is 4.05. The van der Waals surface area contributed by atoms with Gasteiger partial charge in [0.2, 0.25) is 0 Å². The third-order valence-corrected chi connectivity index (χ3v) is 5.75. The molecule has 3 rings (SSSR count). The molecular weight excluding hydrogens is 346 g/mol. The van der Waals surface area contributed by atoms with Gasteiger partial charge in [0.1, 0.15) is 26.2 Å². The number of aromatic nitrogens is 2. The van der Waals surface area contributed by atoms with Crippen LogP contribution in [0.1, 0.15) is 11.1 Å². The van der Waals surface area contributed by atoms with Crippen LogP contribution in [0.5, 0.6) is 0 Å². The van der Waals surface area contributed by atoms with Gasteiger partial charge in [0, 0.05) is 25.1 Å². The predicted octanol–water partition coefficient (Wildman–Crippen LogP) is -0.447. The topological polar surface area (TPSA) is 47.8 Å². The fourth-order valence-electron chi connectivity index (χ4n) is 3.59. The summed E-state index contributed by atoms with van der Waals surface area (Å²) < 4.78 is 4.96. The molecule has 0 atom stereocenters. The number of hydrogen-bond donors (Lipinski definition) is 3. The van der Waals surface area contributed by atoms with E-state index in [1.165, 1.54) is 9.80 Å². The molecule has 26 heavy (non-hydrogen) atoms. The highest BCUT2D eigenvalue weighted by Gasteiger charge is 2.25. The first-order valence-corrected chi connectivity index (χ1v) is 9.60. The average Bonchev–Trinajstić information content (AvgIpc) is 2.92. The lowest BCUT2D eigenvalue weighted by Gasteiger charge is -2.29. The molecule has 0 radical (unpaired) electrons. The van der Waals surface area contributed by atoms with Gasteiger partial charge >= 0.3 is 0 Å². The number of benzene rings is 1. The lowest BCUT2D eigenvalue weighted by Crippen LogP contribution is -3.28. The van der Waals surface area contributed by atoms with E-state index in [0.29, 0.717) is 6.54 Å². The Labute approximate surface area is 160 Å². The number of rotatable bonds is 5. The number of nitrogens with one attached hydrogen (secondary N) is 3. The summed E-state index contributed by atoms with van der Waals surface area (Å²) in [6.45, 7) is 9.64. The number of piperazine rings is 1. The van der Waals surface area contributed by atoms with Crippen molar-refractivity contribution in [1.82, 2.24) is 9.13 Å². The van der Waals surface area contributed by atoms with E-state index in [4.69, 9.17) is 12.2 Å². The van der Waals surface area contributed by atoms with E-state index < -0.39 is 0 Å². The van der Waals surface area contributed by atoms with Gasteiger partial charge in [-0.1, -0.05) is 18.2 Å². The summed E-state index contributed by atoms with van der Waals surface area (Å²) in [6, 6.07) is 6.09. The molecule has 2 aromatic rings. The third kappa shape index (κ3) is 4.41. The SMILES string of the molecule is Cc1cccc(C)c1NC(=O)C[NH+]1CC[NH+](Cn2ccn(C)c2=S)CC1. The number of imidazole rings is 1. The Morgan fingerprint density at radius 3 is 2.31 bits per heavy atom. The molecule has 1 saturated heterocycles. The maximum atomic E-state index is 12.4. The van der Waals surface area contributed by atoms with Gasteiger partial charge in [-0.05, 0) is 37.2 Å². The van der Waals surface area contributed by atoms with Gasteiger partial charge in [-0.3, -0.25) is 9.36 Å². The van der Waals surface area contributed by atoms with E-state index in [1.807, 2.05) is 56.1 Å². The highest BCUT2D eigenvalue weighted by molar-refractivity contribution is 7.71. The molecule has 0 saturated carbocycles. The van der Waals surface area contributed by atoms with Crippen LogP contribution in [0.2, 0.25) is 0 Å². The third-order valence-electron chi connectivity index (χ3n) is 5.23. The van der Waals surface area contributed by atoms with Gasteiger partial charge in [0.05, 0.1) is 0 Å². The van der Waals surface area contributed by atoms with Gasteiger partial charge < -0.3 is 19.7 Å². The summed E-state index contributed by atoms with van der Waals surface area (Å²) in [5, 5.41) is 3.10. The first-order chi connectivity index (χ1) is 12.4. The number of para-hydroxylation sites is 1. The molecule has 0 aliphatic carbocycles. The number of carbonyl (C=O) groups excluding carboxylic acids is 1. The maximum Gasteiger partial charge on any atom is 0.279 e. The summed E-state index contributed by atoms with van der Waals surface area (Å²) in [7, 11) is 1.98. The molecule has 6 nitrogen and oxygen atoms in total. The standard InChI is InChI=1S/C19H27N5OS/c1-15-5-4-6-16(2)18(15)20-17(25)13-22-8-10-23(11-9-22)14-24-12-7-21(3)19(24)26/h4-7,12H,8-11,13-14H2,1-3H3,(H,20,25)/p+2. The Kier molecular flexibility index (Phi) is 5.90. The fourth-order valence-corrected chi connectivity index (χ4v) is 3.77. The van der Waals surface area contributed by atoms with Crippen molar-refractivity contribution < 1.29 is 14.6 Å². The van der Waals surface area contributed by atoms with Gasteiger partial charge in [-0.25, -0.2) is 0 Å². The molecule has 2 heterocycles. The summed E-state index contributed by atoms with van der Waals surface area (Å²) >= 11 is 5.41. The summed E-state index contributed by atoms with van der Waals surface area (Å²) in [5.74, 6) is 0.103. The van der Waals surface area contributed by atoms with Crippen LogP contribution in [0.15, 0.2) is 30.6 Å². The molecular formula is C19H29N5OS+2. The predicted molar refractivity (Wildman–Crippen MR) is 105 cm³/mol. The Hall–Kier alpha value is -1.96. The van der Waals surface area contributed by atoms with E-state index in [2.05, 4.69) is 9.88 Å². The number of quaternary nitrogens is 2. The quantitative estimate of drug-likeness (QED) is 0.620. The minimum absolute atomic E-state index is 0.103. The van der Waals surface area contributed by atoms with Gasteiger partial charge in [0.15, 0.2) is 18.0 Å². The molecule has 7 heteroatoms. The normalized spacial score (nSPS) is 20.1. The van der Waals surface area contributed by atoms with Crippen molar-refractivity contribution in [2.75, 3.05) is 38.0 Å². The first-order valence-electron chi connectivity index (χ1n) is 9.19. The molecule has 1 aliphatic rings. The average molecular weight is 376 g/mol. The minimum Gasteiger partial charge on any atom is -0.327 e. The lowest BCUT2D eigenvalue weighted by molar-refractivity contribution is -1.02. The van der Waals surface area contributed by atoms with Crippen molar-refractivity contribution in [3.63, 3.8) is 0 Å². The number of aryl methyl sites for hydroxylation is 3. The van der Waals surface area contributed by atoms with Crippen molar-refractivity contribution in [3.05, 3.63) is 46.5 Å². The summed E-state index contributed by atoms with van der Waals surface area (Å²) in [4.78, 5) is 15.3. The lowest BCUT2D eigenvalue weighted by atomic mass is 10.1. The van der Waals surface area contributed by atoms with Gasteiger partial charge in [-0.2, -0.15) is 0 Å². The van der Waals surface area contributed by atoms with Crippen LogP contribution in [0.4, 0.5) is 5.69 Å². The van der Waals surface area contributed by atoms with E-state index in [9.17, 15) is 4.79 Å². The van der Waals surface area contributed by atoms with Crippen LogP contribution < -0.4 is 15.1 Å². The molecule has 140 valence electrons. The zero-order valence-electron chi connectivity index (χ0n) is 15.8. The van der Waals surface area contributed by atoms with Gasteiger partial charge in [-0.15, -0.1) is 0 Å². The Morgan fingerprint density at radius 1 is 1.12 bits per heavy atom. The van der Waals surface area contributed by atoms with E-state index in [-0.39, 0.29) is 5.91 Å². The number of nitrogens with zero attached hydrogens (tertiary/aromatic N) is 2. The van der Waals surface area contributed by atoms with E-state index >= 15 is 0 Å². The maximum absolute atomic E-state index is 12.4. The van der Waals surface area contributed by atoms with Crippen molar-refractivity contribution in [3.8, 4) is 0 Å². The van der Waals surface area contributed by atoms with Crippen LogP contribution in [0, 0.1) is 18.6 Å². The number of anilines is 1. The zero-order chi connectivity index (χ0) is 18.7. The molecule has 1 aromatic carbocycles. The van der Waals surface area contributed by atoms with Crippen LogP contribution in [-0.2, 0) is 18.5 Å². The Balaban J connectivity index is 1.48. The molecule has 3 N–H and O–H groups in total. The van der Waals surface area contributed by atoms with Crippen LogP contribution >= 0.6 is 12.2 Å². The molecule has 1 aromatic heterocycles. The molecule has 1 aliphatic heterocycles. The van der Waals surface area contributed by atoms with E-state index in [0.717, 1.165) is 54.4 Å². The fraction of sp³-hybridized carbons (Fsp3) is 0.474. The minimum atomic E-state index is 0.103. The Morgan fingerprint density at radius 2 is 1.73 bits per heavy atom. The monoisotopic (exact) mass is 375 g/mol. The summed E-state index contributed by atoms with van der Waals surface area (Å²) in [5.41, 5.74) is 3.18. The number of carbonyl (C=O) groups is 1. The zero-order valence-corrected chi connectivity index (χ0v) is 16.7. The first kappa shape index (κ1) is 18.8. The molecule has 1 amide bonds. The molecule has 0 unspecified atom stereocenters. The van der Waals surface area contributed by atoms with Crippen LogP contribution in [-0.4, -0.2) is 47.8 Å². The van der Waals surface area contributed by atoms with Crippen molar-refractivity contribution in [2.45, 2.75) is 20.5 Å². The largest absolute Gasteiger partial charge is 0.327 e. The second-order valence-electron chi connectivity index (χ2n) is 7.31. The highest BCUT2D eigenvalue weighted by Crippen LogP contribution is 2.18. The smallest absolute Gasteiger partial charge is 0.279 e. The van der Waals surface area contributed by atoms with Gasteiger partial charge in [0.25, 0.3) is 5.91 Å². The molecule has 0 bridgehead atoms. The highest BCUT2D eigenvalue weighted by atomic mass is 32.1. The van der Waals surface area contributed by atoms with Crippen LogP contribution in [0.25, 0.3) is 0 Å². The van der Waals surface area contributed by atoms with E-state index in [1.54, 1.807) is 0 Å². The second kappa shape index (κ2) is 8.16. The second-order valence-corrected chi connectivity index (χ2v) is 7.68. The number of amides is 1. The van der Waals surface area contributed by atoms with Crippen molar-refractivity contribution in [1.29, 1.82) is 0 Å². The van der Waals surface area contributed by atoms with Crippen LogP contribution in [0.3, 0.4) is 0 Å². The van der Waals surface area contributed by atoms with Crippen molar-refractivity contribution >= 4 is 23.8 Å². The molecule has 1 fully saturated rings. The molecule has 0 spiro atoms. The number of hydrogen-bond acceptors (Lipinski definition) is 2. The van der Waals surface area contributed by atoms with Crippen molar-refractivity contribution in [2.24, 2.45) is 7.05 Å². The Bertz CT molecular complexity index is 812.